The lowest BCUT2D eigenvalue weighted by Crippen LogP contribution is -2.45. The third-order valence-electron chi connectivity index (χ3n) is 7.36. The van der Waals surface area contributed by atoms with Crippen molar-refractivity contribution in [3.05, 3.63) is 59.2 Å². The molecule has 3 aliphatic rings. The molecule has 5 rings (SSSR count). The molecule has 4 unspecified atom stereocenters. The van der Waals surface area contributed by atoms with Gasteiger partial charge in [0.25, 0.3) is 0 Å². The van der Waals surface area contributed by atoms with E-state index in [2.05, 4.69) is 56.9 Å². The molecule has 1 saturated heterocycles. The zero-order valence-corrected chi connectivity index (χ0v) is 22.0. The number of fused-ring (bicyclic) bond motifs is 3. The summed E-state index contributed by atoms with van der Waals surface area (Å²) in [6.07, 6.45) is 2.36. The number of rotatable bonds is 7. The maximum Gasteiger partial charge on any atom is 0.191 e. The first kappa shape index (κ1) is 24.1. The Morgan fingerprint density at radius 3 is 2.61 bits per heavy atom. The summed E-state index contributed by atoms with van der Waals surface area (Å²) in [5.41, 5.74) is 4.35. The molecule has 0 spiro atoms. The average Bonchev–Trinajstić information content (AvgIpc) is 3.12. The van der Waals surface area contributed by atoms with Gasteiger partial charge in [0.05, 0.1) is 14.2 Å². The molecule has 178 valence electrons. The van der Waals surface area contributed by atoms with Crippen molar-refractivity contribution < 1.29 is 9.47 Å². The number of aliphatic imine (C=N–C) groups is 1. The van der Waals surface area contributed by atoms with Gasteiger partial charge in [-0.2, -0.15) is 0 Å². The number of methoxy groups -OCH3 is 2. The average molecular weight is 562 g/mol. The van der Waals surface area contributed by atoms with Crippen molar-refractivity contribution in [1.82, 2.24) is 15.5 Å². The highest BCUT2D eigenvalue weighted by atomic mass is 127. The van der Waals surface area contributed by atoms with Gasteiger partial charge in [0.1, 0.15) is 11.5 Å². The number of guanidine groups is 1. The zero-order valence-electron chi connectivity index (χ0n) is 19.7. The van der Waals surface area contributed by atoms with Crippen molar-refractivity contribution in [1.29, 1.82) is 0 Å². The molecule has 6 nitrogen and oxygen atoms in total. The van der Waals surface area contributed by atoms with E-state index in [0.29, 0.717) is 6.04 Å². The predicted octanol–water partition coefficient (Wildman–Crippen LogP) is 3.65. The van der Waals surface area contributed by atoms with Crippen LogP contribution < -0.4 is 20.1 Å². The van der Waals surface area contributed by atoms with Crippen molar-refractivity contribution in [2.24, 2.45) is 16.8 Å². The molecule has 7 heteroatoms. The van der Waals surface area contributed by atoms with Crippen LogP contribution in [0.5, 0.6) is 11.5 Å². The number of nitrogens with zero attached hydrogens (tertiary/aromatic N) is 2. The second-order valence-corrected chi connectivity index (χ2v) is 9.30. The van der Waals surface area contributed by atoms with E-state index in [9.17, 15) is 0 Å². The highest BCUT2D eigenvalue weighted by Gasteiger charge is 2.54. The zero-order chi connectivity index (χ0) is 22.1. The van der Waals surface area contributed by atoms with Gasteiger partial charge in [-0.1, -0.05) is 24.3 Å². The normalized spacial score (nSPS) is 25.6. The van der Waals surface area contributed by atoms with E-state index in [-0.39, 0.29) is 24.0 Å². The highest BCUT2D eigenvalue weighted by Crippen LogP contribution is 2.60. The molecule has 4 atom stereocenters. The molecule has 2 aromatic rings. The quantitative estimate of drug-likeness (QED) is 0.307. The molecule has 0 aromatic heterocycles. The van der Waals surface area contributed by atoms with E-state index >= 15 is 0 Å². The van der Waals surface area contributed by atoms with Gasteiger partial charge >= 0.3 is 0 Å². The molecular weight excluding hydrogens is 527 g/mol. The van der Waals surface area contributed by atoms with Gasteiger partial charge in [0.15, 0.2) is 5.96 Å². The minimum atomic E-state index is 0. The van der Waals surface area contributed by atoms with Crippen LogP contribution in [0.25, 0.3) is 0 Å². The Bertz CT molecular complexity index is 976. The van der Waals surface area contributed by atoms with Gasteiger partial charge in [-0.15, -0.1) is 24.0 Å². The maximum atomic E-state index is 5.41. The molecule has 1 heterocycles. The topological polar surface area (TPSA) is 58.1 Å². The lowest BCUT2D eigenvalue weighted by atomic mass is 10.0. The van der Waals surface area contributed by atoms with E-state index in [1.807, 2.05) is 13.1 Å². The molecule has 2 N–H and O–H groups in total. The molecule has 2 fully saturated rings. The maximum absolute atomic E-state index is 5.41. The Morgan fingerprint density at radius 1 is 1.12 bits per heavy atom. The van der Waals surface area contributed by atoms with E-state index in [4.69, 9.17) is 9.47 Å². The second-order valence-electron chi connectivity index (χ2n) is 9.30. The first-order valence-corrected chi connectivity index (χ1v) is 11.7. The predicted molar refractivity (Wildman–Crippen MR) is 143 cm³/mol. The number of likely N-dealkylation sites (tertiary alicyclic amines) is 1. The van der Waals surface area contributed by atoms with Crippen molar-refractivity contribution in [2.75, 3.05) is 40.9 Å². The third kappa shape index (κ3) is 5.24. The number of halogens is 1. The van der Waals surface area contributed by atoms with Gasteiger partial charge in [-0.05, 0) is 59.4 Å². The summed E-state index contributed by atoms with van der Waals surface area (Å²) in [5, 5.41) is 7.24. The van der Waals surface area contributed by atoms with Gasteiger partial charge in [0.2, 0.25) is 0 Å². The minimum absolute atomic E-state index is 0. The van der Waals surface area contributed by atoms with Crippen molar-refractivity contribution in [3.63, 3.8) is 0 Å². The summed E-state index contributed by atoms with van der Waals surface area (Å²) in [6, 6.07) is 15.5. The van der Waals surface area contributed by atoms with E-state index < -0.39 is 0 Å². The molecular formula is C26H35IN4O2. The Hall–Kier alpha value is -2.00. The smallest absolute Gasteiger partial charge is 0.191 e. The van der Waals surface area contributed by atoms with Crippen LogP contribution in [-0.4, -0.2) is 57.8 Å². The van der Waals surface area contributed by atoms with Crippen LogP contribution in [0.3, 0.4) is 0 Å². The molecule has 0 radical (unpaired) electrons. The van der Waals surface area contributed by atoms with Crippen LogP contribution in [0.2, 0.25) is 0 Å². The van der Waals surface area contributed by atoms with E-state index in [0.717, 1.165) is 67.8 Å². The van der Waals surface area contributed by atoms with E-state index in [1.54, 1.807) is 25.3 Å². The fraction of sp³-hybridized carbons (Fsp3) is 0.500. The van der Waals surface area contributed by atoms with Crippen molar-refractivity contribution >= 4 is 29.9 Å². The van der Waals surface area contributed by atoms with Crippen LogP contribution in [0.15, 0.2) is 47.5 Å². The van der Waals surface area contributed by atoms with Gasteiger partial charge in [-0.3, -0.25) is 9.89 Å². The Morgan fingerprint density at radius 2 is 1.88 bits per heavy atom. The highest BCUT2D eigenvalue weighted by molar-refractivity contribution is 14.0. The standard InChI is InChI=1S/C26H34N4O2.HI/c1-27-26(28-14-24-23-12-18-6-4-5-7-22(18)25(23)24)29-19-8-9-30(16-19)15-17-10-20(31-2)13-21(11-17)32-3;/h4-7,10-11,13,19,23-25H,8-9,12,14-16H2,1-3H3,(H2,27,28,29);1H. The second kappa shape index (κ2) is 10.5. The van der Waals surface area contributed by atoms with E-state index in [1.165, 1.54) is 12.0 Å². The first-order valence-electron chi connectivity index (χ1n) is 11.7. The number of hydrogen-bond acceptors (Lipinski definition) is 4. The van der Waals surface area contributed by atoms with Gasteiger partial charge < -0.3 is 20.1 Å². The Kier molecular flexibility index (Phi) is 7.69. The lowest BCUT2D eigenvalue weighted by molar-refractivity contribution is 0.321. The molecule has 2 aliphatic carbocycles. The van der Waals surface area contributed by atoms with Crippen LogP contribution in [0, 0.1) is 11.8 Å². The van der Waals surface area contributed by atoms with Crippen molar-refractivity contribution in [3.8, 4) is 11.5 Å². The molecule has 33 heavy (non-hydrogen) atoms. The third-order valence-corrected chi connectivity index (χ3v) is 7.36. The Labute approximate surface area is 214 Å². The van der Waals surface area contributed by atoms with Crippen LogP contribution in [0.1, 0.15) is 29.0 Å². The molecule has 1 saturated carbocycles. The van der Waals surface area contributed by atoms with Gasteiger partial charge in [-0.25, -0.2) is 0 Å². The summed E-state index contributed by atoms with van der Waals surface area (Å²) in [4.78, 5) is 6.96. The summed E-state index contributed by atoms with van der Waals surface area (Å²) in [6.45, 7) is 3.96. The van der Waals surface area contributed by atoms with Crippen LogP contribution >= 0.6 is 24.0 Å². The fourth-order valence-corrected chi connectivity index (χ4v) is 5.67. The summed E-state index contributed by atoms with van der Waals surface area (Å²) in [5.74, 6) is 4.92. The number of ether oxygens (including phenoxy) is 2. The number of nitrogens with one attached hydrogen (secondary N) is 2. The van der Waals surface area contributed by atoms with Crippen LogP contribution in [-0.2, 0) is 13.0 Å². The molecule has 1 aliphatic heterocycles. The Balaban J connectivity index is 0.00000259. The summed E-state index contributed by atoms with van der Waals surface area (Å²) in [7, 11) is 5.26. The van der Waals surface area contributed by atoms with Gasteiger partial charge in [0, 0.05) is 45.3 Å². The fourth-order valence-electron chi connectivity index (χ4n) is 5.67. The molecule has 0 amide bonds. The molecule has 2 aromatic carbocycles. The largest absolute Gasteiger partial charge is 0.497 e. The summed E-state index contributed by atoms with van der Waals surface area (Å²) < 4.78 is 10.8. The SMILES string of the molecule is CN=C(NCC1C2Cc3ccccc3C12)NC1CCN(Cc2cc(OC)cc(OC)c2)C1.I. The number of benzene rings is 2. The first-order chi connectivity index (χ1) is 15.7. The van der Waals surface area contributed by atoms with Crippen molar-refractivity contribution in [2.45, 2.75) is 31.3 Å². The van der Waals surface area contributed by atoms with Crippen LogP contribution in [0.4, 0.5) is 0 Å². The lowest BCUT2D eigenvalue weighted by Gasteiger charge is -2.20. The molecule has 0 bridgehead atoms. The summed E-state index contributed by atoms with van der Waals surface area (Å²) >= 11 is 0. The monoisotopic (exact) mass is 562 g/mol. The minimum Gasteiger partial charge on any atom is -0.497 e. The number of hydrogen-bond donors (Lipinski definition) is 2.